The number of para-hydroxylation sites is 2. The maximum Gasteiger partial charge on any atom is 0.320 e. The van der Waals surface area contributed by atoms with Gasteiger partial charge in [0.15, 0.2) is 0 Å². The molecule has 2 aromatic carbocycles. The standard InChI is InChI=1S/C18H22N4O2.C17H21N5O2/c1-24-16-10-6-5-9-14(16)15-11-17(20-12-19-15)22-18(23)21-13-7-3-2-4-8-13;1-24-15-7-3-2-6-13(15)14-9-16(20-11-19-14)22-17(23)21-12-5-4-8-18-10-12/h5-6,9-13H,2-4,7-8H2,1H3,(H2,19,20,21,22,23);2-3,6-7,9,11-12,18H,4-5,8,10H2,1H3,(H2,19,20,21,22,23). The minimum Gasteiger partial charge on any atom is -0.496 e. The Morgan fingerprint density at radius 3 is 1.67 bits per heavy atom. The number of nitrogens with zero attached hydrogens (tertiary/aromatic N) is 4. The number of aromatic nitrogens is 4. The van der Waals surface area contributed by atoms with Gasteiger partial charge in [0.2, 0.25) is 0 Å². The van der Waals surface area contributed by atoms with E-state index in [1.54, 1.807) is 26.4 Å². The van der Waals surface area contributed by atoms with Crippen molar-refractivity contribution in [1.82, 2.24) is 35.9 Å². The number of carbonyl (C=O) groups excluding carboxylic acids is 2. The second kappa shape index (κ2) is 17.6. The number of urea groups is 2. The average molecular weight is 654 g/mol. The molecule has 1 saturated carbocycles. The van der Waals surface area contributed by atoms with Gasteiger partial charge in [-0.2, -0.15) is 0 Å². The summed E-state index contributed by atoms with van der Waals surface area (Å²) in [5.74, 6) is 2.38. The van der Waals surface area contributed by atoms with Gasteiger partial charge in [-0.15, -0.1) is 0 Å². The zero-order valence-electron chi connectivity index (χ0n) is 27.4. The number of hydrogen-bond acceptors (Lipinski definition) is 9. The van der Waals surface area contributed by atoms with Crippen molar-refractivity contribution in [3.05, 3.63) is 73.3 Å². The van der Waals surface area contributed by atoms with E-state index in [-0.39, 0.29) is 24.1 Å². The van der Waals surface area contributed by atoms with Crippen molar-refractivity contribution in [1.29, 1.82) is 0 Å². The molecule has 0 bridgehead atoms. The molecule has 2 aliphatic rings. The number of methoxy groups -OCH3 is 2. The van der Waals surface area contributed by atoms with Gasteiger partial charge in [0.1, 0.15) is 35.8 Å². The lowest BCUT2D eigenvalue weighted by Crippen LogP contribution is -2.47. The number of rotatable bonds is 8. The molecule has 0 radical (unpaired) electrons. The number of ether oxygens (including phenoxy) is 2. The first-order chi connectivity index (χ1) is 23.5. The minimum absolute atomic E-state index is 0.147. The summed E-state index contributed by atoms with van der Waals surface area (Å²) >= 11 is 0. The molecule has 0 spiro atoms. The van der Waals surface area contributed by atoms with E-state index in [9.17, 15) is 9.59 Å². The first-order valence-corrected chi connectivity index (χ1v) is 16.3. The van der Waals surface area contributed by atoms with Crippen molar-refractivity contribution in [3.8, 4) is 34.0 Å². The van der Waals surface area contributed by atoms with Crippen LogP contribution in [0, 0.1) is 0 Å². The summed E-state index contributed by atoms with van der Waals surface area (Å²) in [6.45, 7) is 1.80. The van der Waals surface area contributed by atoms with E-state index >= 15 is 0 Å². The van der Waals surface area contributed by atoms with Crippen molar-refractivity contribution in [3.63, 3.8) is 0 Å². The van der Waals surface area contributed by atoms with Crippen LogP contribution in [0.3, 0.4) is 0 Å². The molecule has 13 nitrogen and oxygen atoms in total. The third-order valence-electron chi connectivity index (χ3n) is 8.16. The Bertz CT molecular complexity index is 1520. The van der Waals surface area contributed by atoms with Crippen LogP contribution < -0.4 is 36.1 Å². The predicted octanol–water partition coefficient (Wildman–Crippen LogP) is 5.63. The molecule has 3 heterocycles. The van der Waals surface area contributed by atoms with Crippen LogP contribution in [0.15, 0.2) is 73.3 Å². The highest BCUT2D eigenvalue weighted by Gasteiger charge is 2.17. The van der Waals surface area contributed by atoms with Crippen molar-refractivity contribution in [2.45, 2.75) is 57.0 Å². The maximum absolute atomic E-state index is 12.1. The molecule has 1 aliphatic heterocycles. The molecule has 5 N–H and O–H groups in total. The highest BCUT2D eigenvalue weighted by Crippen LogP contribution is 2.30. The molecule has 6 rings (SSSR count). The maximum atomic E-state index is 12.1. The summed E-state index contributed by atoms with van der Waals surface area (Å²) < 4.78 is 10.7. The summed E-state index contributed by atoms with van der Waals surface area (Å²) in [6, 6.07) is 18.6. The van der Waals surface area contributed by atoms with Crippen LogP contribution in [-0.2, 0) is 0 Å². The van der Waals surface area contributed by atoms with E-state index in [2.05, 4.69) is 46.5 Å². The number of amides is 4. The van der Waals surface area contributed by atoms with Crippen molar-refractivity contribution in [2.24, 2.45) is 0 Å². The SMILES string of the molecule is COc1ccccc1-c1cc(NC(=O)NC2CCCCC2)ncn1.COc1ccccc1-c1cc(NC(=O)NC2CCCNC2)ncn1. The molecule has 2 aromatic heterocycles. The highest BCUT2D eigenvalue weighted by atomic mass is 16.5. The number of benzene rings is 2. The lowest BCUT2D eigenvalue weighted by atomic mass is 9.96. The Kier molecular flexibility index (Phi) is 12.5. The van der Waals surface area contributed by atoms with E-state index in [4.69, 9.17) is 9.47 Å². The van der Waals surface area contributed by atoms with Gasteiger partial charge in [-0.05, 0) is 56.5 Å². The summed E-state index contributed by atoms with van der Waals surface area (Å²) in [6.07, 6.45) is 10.6. The summed E-state index contributed by atoms with van der Waals surface area (Å²) in [5, 5.41) is 14.8. The predicted molar refractivity (Wildman–Crippen MR) is 185 cm³/mol. The molecule has 1 atom stereocenters. The number of anilines is 2. The highest BCUT2D eigenvalue weighted by molar-refractivity contribution is 5.89. The molecular formula is C35H43N9O4. The van der Waals surface area contributed by atoms with Crippen LogP contribution in [-0.4, -0.2) is 71.4 Å². The van der Waals surface area contributed by atoms with Crippen LogP contribution in [0.4, 0.5) is 21.2 Å². The Balaban J connectivity index is 0.000000188. The first-order valence-electron chi connectivity index (χ1n) is 16.3. The number of nitrogens with one attached hydrogen (secondary N) is 5. The van der Waals surface area contributed by atoms with Crippen molar-refractivity contribution < 1.29 is 19.1 Å². The fourth-order valence-corrected chi connectivity index (χ4v) is 5.76. The van der Waals surface area contributed by atoms with Crippen LogP contribution >= 0.6 is 0 Å². The van der Waals surface area contributed by atoms with Gasteiger partial charge in [0.05, 0.1) is 25.6 Å². The molecule has 252 valence electrons. The third kappa shape index (κ3) is 9.85. The quantitative estimate of drug-likeness (QED) is 0.162. The molecule has 4 aromatic rings. The fourth-order valence-electron chi connectivity index (χ4n) is 5.76. The van der Waals surface area contributed by atoms with Crippen LogP contribution in [0.25, 0.3) is 22.5 Å². The van der Waals surface area contributed by atoms with Gasteiger partial charge < -0.3 is 25.4 Å². The Morgan fingerprint density at radius 1 is 0.667 bits per heavy atom. The lowest BCUT2D eigenvalue weighted by molar-refractivity contribution is 0.243. The summed E-state index contributed by atoms with van der Waals surface area (Å²) in [4.78, 5) is 41.1. The Hall–Kier alpha value is -5.30. The number of hydrogen-bond donors (Lipinski definition) is 5. The molecule has 48 heavy (non-hydrogen) atoms. The topological polar surface area (TPSA) is 164 Å². The second-order valence-corrected chi connectivity index (χ2v) is 11.6. The average Bonchev–Trinajstić information content (AvgIpc) is 3.13. The molecule has 13 heteroatoms. The second-order valence-electron chi connectivity index (χ2n) is 11.6. The first kappa shape index (κ1) is 34.0. The summed E-state index contributed by atoms with van der Waals surface area (Å²) in [5.41, 5.74) is 3.10. The van der Waals surface area contributed by atoms with Gasteiger partial charge in [-0.25, -0.2) is 29.5 Å². The third-order valence-corrected chi connectivity index (χ3v) is 8.16. The Morgan fingerprint density at radius 2 is 1.17 bits per heavy atom. The number of piperidine rings is 1. The van der Waals surface area contributed by atoms with Gasteiger partial charge in [0.25, 0.3) is 0 Å². The fraction of sp³-hybridized carbons (Fsp3) is 0.371. The number of carbonyl (C=O) groups is 2. The molecule has 2 fully saturated rings. The van der Waals surface area contributed by atoms with E-state index < -0.39 is 0 Å². The lowest BCUT2D eigenvalue weighted by Gasteiger charge is -2.23. The van der Waals surface area contributed by atoms with E-state index in [1.165, 1.54) is 31.9 Å². The molecule has 4 amide bonds. The molecule has 1 saturated heterocycles. The molecule has 1 unspecified atom stereocenters. The Labute approximate surface area is 280 Å². The van der Waals surface area contributed by atoms with Gasteiger partial charge >= 0.3 is 12.1 Å². The smallest absolute Gasteiger partial charge is 0.320 e. The van der Waals surface area contributed by atoms with E-state index in [0.29, 0.717) is 23.0 Å². The van der Waals surface area contributed by atoms with Crippen molar-refractivity contribution in [2.75, 3.05) is 37.9 Å². The zero-order chi connectivity index (χ0) is 33.6. The minimum atomic E-state index is -0.256. The molecular weight excluding hydrogens is 610 g/mol. The van der Waals surface area contributed by atoms with Crippen LogP contribution in [0.2, 0.25) is 0 Å². The van der Waals surface area contributed by atoms with Crippen LogP contribution in [0.1, 0.15) is 44.9 Å². The van der Waals surface area contributed by atoms with Gasteiger partial charge in [0, 0.05) is 41.9 Å². The summed E-state index contributed by atoms with van der Waals surface area (Å²) in [7, 11) is 3.24. The van der Waals surface area contributed by atoms with Gasteiger partial charge in [-0.3, -0.25) is 10.6 Å². The normalized spacial score (nSPS) is 16.0. The van der Waals surface area contributed by atoms with Crippen molar-refractivity contribution >= 4 is 23.7 Å². The zero-order valence-corrected chi connectivity index (χ0v) is 27.4. The van der Waals surface area contributed by atoms with E-state index in [0.717, 1.165) is 61.4 Å². The van der Waals surface area contributed by atoms with Crippen LogP contribution in [0.5, 0.6) is 11.5 Å². The largest absolute Gasteiger partial charge is 0.496 e. The van der Waals surface area contributed by atoms with E-state index in [1.807, 2.05) is 48.5 Å². The molecule has 1 aliphatic carbocycles. The monoisotopic (exact) mass is 653 g/mol. The van der Waals surface area contributed by atoms with Gasteiger partial charge in [-0.1, -0.05) is 43.5 Å².